The number of amides is 2. The lowest BCUT2D eigenvalue weighted by molar-refractivity contribution is -0.862. The molecule has 12 heteroatoms. The Kier molecular flexibility index (Phi) is 11.1. The monoisotopic (exact) mass is 460 g/mol. The summed E-state index contributed by atoms with van der Waals surface area (Å²) < 4.78 is 2.19. The van der Waals surface area contributed by atoms with Crippen molar-refractivity contribution >= 4 is 24.1 Å². The van der Waals surface area contributed by atoms with Gasteiger partial charge in [-0.05, 0) is 23.8 Å². The quantitative estimate of drug-likeness (QED) is 0.174. The molecule has 0 radical (unpaired) electrons. The van der Waals surface area contributed by atoms with Crippen molar-refractivity contribution in [2.45, 2.75) is 13.0 Å². The lowest BCUT2D eigenvalue weighted by Gasteiger charge is -2.22. The highest BCUT2D eigenvalue weighted by Crippen LogP contribution is 2.10. The van der Waals surface area contributed by atoms with Crippen LogP contribution in [-0.2, 0) is 37.0 Å². The Balaban J connectivity index is 0.00000172. The highest BCUT2D eigenvalue weighted by atomic mass is 16.7. The van der Waals surface area contributed by atoms with E-state index >= 15 is 0 Å². The van der Waals surface area contributed by atoms with E-state index in [0.29, 0.717) is 23.1 Å². The number of rotatable bonds is 11. The van der Waals surface area contributed by atoms with E-state index in [2.05, 4.69) is 22.2 Å². The maximum Gasteiger partial charge on any atom is 0.266 e. The number of nitrogens with zero attached hydrogens (tertiary/aromatic N) is 4. The van der Waals surface area contributed by atoms with Crippen LogP contribution in [0.4, 0.5) is 0 Å². The summed E-state index contributed by atoms with van der Waals surface area (Å²) in [6, 6.07) is 7.51. The number of Topliss-reactive ketones (excluding diaryl/α,β-unsaturated/α-hetero) is 1. The van der Waals surface area contributed by atoms with Crippen LogP contribution in [0.3, 0.4) is 0 Å². The van der Waals surface area contributed by atoms with E-state index in [1.165, 1.54) is 0 Å². The molecule has 1 heterocycles. The van der Waals surface area contributed by atoms with Crippen molar-refractivity contribution < 1.29 is 33.6 Å². The molecule has 0 bridgehead atoms. The molecule has 0 aliphatic rings. The first kappa shape index (κ1) is 27.1. The zero-order valence-corrected chi connectivity index (χ0v) is 18.8. The van der Waals surface area contributed by atoms with Crippen molar-refractivity contribution in [1.29, 1.82) is 0 Å². The van der Waals surface area contributed by atoms with Crippen molar-refractivity contribution in [3.05, 3.63) is 54.4 Å². The molecule has 2 amide bonds. The van der Waals surface area contributed by atoms with Gasteiger partial charge in [0.15, 0.2) is 12.4 Å². The van der Waals surface area contributed by atoms with Crippen LogP contribution < -0.4 is 15.9 Å². The summed E-state index contributed by atoms with van der Waals surface area (Å²) in [6.45, 7) is 3.07. The van der Waals surface area contributed by atoms with Crippen LogP contribution in [0.5, 0.6) is 0 Å². The number of aromatic nitrogens is 3. The average molecular weight is 460 g/mol. The molecule has 2 rings (SSSR count). The van der Waals surface area contributed by atoms with Gasteiger partial charge in [-0.2, -0.15) is 0 Å². The maximum atomic E-state index is 12.1. The zero-order chi connectivity index (χ0) is 24.9. The number of hydrogen-bond acceptors (Lipinski definition) is 8. The fourth-order valence-corrected chi connectivity index (χ4v) is 2.54. The topological polar surface area (TPSA) is 155 Å². The molecule has 0 aliphatic heterocycles. The van der Waals surface area contributed by atoms with Gasteiger partial charge in [0.2, 0.25) is 5.91 Å². The van der Waals surface area contributed by atoms with Crippen molar-refractivity contribution in [2.75, 3.05) is 34.3 Å². The Hall–Kier alpha value is -3.90. The summed E-state index contributed by atoms with van der Waals surface area (Å²) >= 11 is 0. The minimum absolute atomic E-state index is 0.162. The molecule has 2 N–H and O–H groups in total. The number of ketones is 1. The third-order valence-electron chi connectivity index (χ3n) is 3.82. The summed E-state index contributed by atoms with van der Waals surface area (Å²) in [6.07, 6.45) is 3.11. The summed E-state index contributed by atoms with van der Waals surface area (Å²) in [7, 11) is 5.96. The molecule has 0 spiro atoms. The van der Waals surface area contributed by atoms with Gasteiger partial charge in [0.1, 0.15) is 12.2 Å². The van der Waals surface area contributed by atoms with Crippen LogP contribution in [0.15, 0.2) is 43.1 Å². The van der Waals surface area contributed by atoms with E-state index in [-0.39, 0.29) is 18.9 Å². The largest absolute Gasteiger partial charge is 0.554 e. The third kappa shape index (κ3) is 11.3. The van der Waals surface area contributed by atoms with E-state index < -0.39 is 18.3 Å². The van der Waals surface area contributed by atoms with Crippen molar-refractivity contribution in [2.24, 2.45) is 0 Å². The maximum absolute atomic E-state index is 12.1. The van der Waals surface area contributed by atoms with Gasteiger partial charge in [-0.15, -0.1) is 5.10 Å². The van der Waals surface area contributed by atoms with E-state index in [4.69, 9.17) is 14.7 Å². The molecule has 0 saturated heterocycles. The zero-order valence-electron chi connectivity index (χ0n) is 18.8. The minimum atomic E-state index is -0.533. The van der Waals surface area contributed by atoms with Crippen molar-refractivity contribution in [1.82, 2.24) is 25.8 Å². The normalized spacial score (nSPS) is 10.4. The van der Waals surface area contributed by atoms with E-state index in [9.17, 15) is 14.4 Å². The fraction of sp³-hybridized carbons (Fsp3) is 0.333. The van der Waals surface area contributed by atoms with Gasteiger partial charge in [0.25, 0.3) is 5.91 Å². The number of quaternary nitrogens is 1. The number of carbonyl (C=O) groups is 4. The Morgan fingerprint density at radius 3 is 2.42 bits per heavy atom. The van der Waals surface area contributed by atoms with Crippen LogP contribution in [-0.4, -0.2) is 77.8 Å². The summed E-state index contributed by atoms with van der Waals surface area (Å²) in [4.78, 5) is 47.7. The van der Waals surface area contributed by atoms with Crippen LogP contribution in [0.2, 0.25) is 0 Å². The lowest BCUT2D eigenvalue weighted by atomic mass is 10.1. The van der Waals surface area contributed by atoms with Gasteiger partial charge in [0, 0.05) is 12.9 Å². The molecule has 1 aromatic heterocycles. The number of carboxylic acid groups (broad SMARTS) is 1. The summed E-state index contributed by atoms with van der Waals surface area (Å²) in [5.41, 5.74) is 4.33. The van der Waals surface area contributed by atoms with Crippen LogP contribution in [0, 0.1) is 0 Å². The highest BCUT2D eigenvalue weighted by molar-refractivity contribution is 5.86. The van der Waals surface area contributed by atoms with Crippen molar-refractivity contribution in [3.63, 3.8) is 0 Å². The SMILES string of the molecule is C=CC(=O)NOCC(=O)NCc1cn(-c2ccc(CC(=O)C[N+](C)(C)C)cc2)nn1.O=C[O-]. The van der Waals surface area contributed by atoms with Gasteiger partial charge in [-0.25, -0.2) is 10.2 Å². The van der Waals surface area contributed by atoms with Gasteiger partial charge < -0.3 is 19.7 Å². The third-order valence-corrected chi connectivity index (χ3v) is 3.82. The molecule has 1 aromatic carbocycles. The summed E-state index contributed by atoms with van der Waals surface area (Å²) in [5, 5.41) is 18.9. The Labute approximate surface area is 191 Å². The molecule has 0 fully saturated rings. The van der Waals surface area contributed by atoms with E-state index in [1.54, 1.807) is 10.9 Å². The summed E-state index contributed by atoms with van der Waals surface area (Å²) in [5.74, 6) is -0.770. The van der Waals surface area contributed by atoms with Gasteiger partial charge >= 0.3 is 0 Å². The molecular formula is C21H28N6O6. The molecule has 0 aliphatic carbocycles. The molecule has 12 nitrogen and oxygen atoms in total. The first-order chi connectivity index (χ1) is 15.6. The fourth-order valence-electron chi connectivity index (χ4n) is 2.54. The molecule has 2 aromatic rings. The molecule has 0 saturated carbocycles. The minimum Gasteiger partial charge on any atom is -0.554 e. The molecule has 33 heavy (non-hydrogen) atoms. The smallest absolute Gasteiger partial charge is 0.266 e. The Bertz CT molecular complexity index is 949. The number of hydroxylamine groups is 1. The van der Waals surface area contributed by atoms with Crippen LogP contribution >= 0.6 is 0 Å². The average Bonchev–Trinajstić information content (AvgIpc) is 3.21. The number of nitrogens with one attached hydrogen (secondary N) is 2. The predicted octanol–water partition coefficient (Wildman–Crippen LogP) is -1.70. The molecule has 178 valence electrons. The Morgan fingerprint density at radius 1 is 1.21 bits per heavy atom. The molecule has 0 unspecified atom stereocenters. The van der Waals surface area contributed by atoms with Crippen molar-refractivity contribution in [3.8, 4) is 5.69 Å². The Morgan fingerprint density at radius 2 is 1.85 bits per heavy atom. The molecule has 0 atom stereocenters. The lowest BCUT2D eigenvalue weighted by Crippen LogP contribution is -2.40. The second-order valence-electron chi connectivity index (χ2n) is 7.82. The second-order valence-corrected chi connectivity index (χ2v) is 7.82. The van der Waals surface area contributed by atoms with Gasteiger partial charge in [0.05, 0.1) is 39.6 Å². The van der Waals surface area contributed by atoms with Crippen LogP contribution in [0.25, 0.3) is 5.69 Å². The number of benzene rings is 1. The van der Waals surface area contributed by atoms with E-state index in [0.717, 1.165) is 17.3 Å². The number of likely N-dealkylation sites (N-methyl/N-ethyl adjacent to an activating group) is 1. The van der Waals surface area contributed by atoms with E-state index in [1.807, 2.05) is 50.9 Å². The number of hydrogen-bond donors (Lipinski definition) is 2. The predicted molar refractivity (Wildman–Crippen MR) is 115 cm³/mol. The standard InChI is InChI=1S/C20H26N6O4.CH2O2/c1-5-19(28)23-30-14-20(29)21-11-16-12-25(24-22-16)17-8-6-15(7-9-17)10-18(27)13-26(2,3)4;2-1-3/h5-9,12H,1,10-11,13-14H2,2-4H3,(H-,21,23,28,29);1H,(H,2,3). The number of carbonyl (C=O) groups excluding carboxylic acids is 4. The first-order valence-corrected chi connectivity index (χ1v) is 9.77. The molecular weight excluding hydrogens is 432 g/mol. The highest BCUT2D eigenvalue weighted by Gasteiger charge is 2.15. The first-order valence-electron chi connectivity index (χ1n) is 9.77. The van der Waals surface area contributed by atoms with Crippen LogP contribution in [0.1, 0.15) is 11.3 Å². The second kappa shape index (κ2) is 13.5. The van der Waals surface area contributed by atoms with Gasteiger partial charge in [-0.1, -0.05) is 23.9 Å². The van der Waals surface area contributed by atoms with Gasteiger partial charge in [-0.3, -0.25) is 19.2 Å².